The van der Waals surface area contributed by atoms with Crippen molar-refractivity contribution < 1.29 is 17.2 Å². The van der Waals surface area contributed by atoms with E-state index in [4.69, 9.17) is 0 Å². The normalized spacial score (nSPS) is 15.5. The van der Waals surface area contributed by atoms with Crippen molar-refractivity contribution in [1.82, 2.24) is 14.5 Å². The van der Waals surface area contributed by atoms with E-state index in [2.05, 4.69) is 15.3 Å². The molecule has 1 fully saturated rings. The maximum Gasteiger partial charge on any atom is 0.286 e. The number of aromatic nitrogens is 2. The van der Waals surface area contributed by atoms with Gasteiger partial charge in [0.05, 0.1) is 11.7 Å². The van der Waals surface area contributed by atoms with Gasteiger partial charge in [0.1, 0.15) is 16.5 Å². The number of anilines is 1. The highest BCUT2D eigenvalue weighted by Gasteiger charge is 2.25. The summed E-state index contributed by atoms with van der Waals surface area (Å²) < 4.78 is 53.6. The number of piperazine rings is 1. The molecular formula is C17H16F2N4O2S. The van der Waals surface area contributed by atoms with E-state index < -0.39 is 26.6 Å². The third-order valence-corrected chi connectivity index (χ3v) is 6.04. The first-order chi connectivity index (χ1) is 12.5. The van der Waals surface area contributed by atoms with E-state index >= 15 is 0 Å². The van der Waals surface area contributed by atoms with Crippen LogP contribution in [0, 0.1) is 11.6 Å². The number of nitrogens with one attached hydrogen (secondary N) is 1. The van der Waals surface area contributed by atoms with Crippen LogP contribution in [0.2, 0.25) is 0 Å². The molecule has 3 aromatic rings. The van der Waals surface area contributed by atoms with Crippen LogP contribution in [0.3, 0.4) is 0 Å². The van der Waals surface area contributed by atoms with Crippen molar-refractivity contribution in [2.75, 3.05) is 31.1 Å². The first-order valence-corrected chi connectivity index (χ1v) is 9.55. The van der Waals surface area contributed by atoms with Gasteiger partial charge in [0.2, 0.25) is 0 Å². The maximum absolute atomic E-state index is 14.0. The van der Waals surface area contributed by atoms with E-state index in [1.54, 1.807) is 12.1 Å². The molecule has 0 aliphatic carbocycles. The zero-order chi connectivity index (χ0) is 18.3. The molecule has 0 amide bonds. The van der Waals surface area contributed by atoms with Crippen molar-refractivity contribution in [1.29, 1.82) is 0 Å². The largest absolute Gasteiger partial charge is 0.369 e. The van der Waals surface area contributed by atoms with Gasteiger partial charge in [0.15, 0.2) is 0 Å². The van der Waals surface area contributed by atoms with Crippen LogP contribution < -0.4 is 10.2 Å². The molecule has 1 saturated heterocycles. The van der Waals surface area contributed by atoms with Gasteiger partial charge in [0, 0.05) is 43.3 Å². The van der Waals surface area contributed by atoms with E-state index in [1.807, 2.05) is 6.07 Å². The molecule has 1 N–H and O–H groups in total. The topological polar surface area (TPSA) is 67.2 Å². The monoisotopic (exact) mass is 378 g/mol. The van der Waals surface area contributed by atoms with Crippen molar-refractivity contribution >= 4 is 26.6 Å². The molecule has 0 saturated carbocycles. The van der Waals surface area contributed by atoms with E-state index in [9.17, 15) is 17.2 Å². The van der Waals surface area contributed by atoms with Gasteiger partial charge in [-0.3, -0.25) is 0 Å². The second kappa shape index (κ2) is 6.33. The summed E-state index contributed by atoms with van der Waals surface area (Å²) in [5.41, 5.74) is 1.22. The minimum atomic E-state index is -4.28. The summed E-state index contributed by atoms with van der Waals surface area (Å²) in [7, 11) is -4.28. The summed E-state index contributed by atoms with van der Waals surface area (Å²) in [5.74, 6) is -1.99. The fourth-order valence-corrected chi connectivity index (χ4v) is 4.39. The van der Waals surface area contributed by atoms with Crippen LogP contribution in [0.5, 0.6) is 0 Å². The standard InChI is InChI=1S/C17H16F2N4O2S/c18-13-2-4-17(15(19)9-13)26(24,25)23-16-10-14(3-1-12(16)11-21-23)22-7-5-20-6-8-22/h1-4,9-11,20H,5-8H2. The van der Waals surface area contributed by atoms with Crippen molar-refractivity contribution in [2.24, 2.45) is 0 Å². The van der Waals surface area contributed by atoms with E-state index in [-0.39, 0.29) is 0 Å². The Balaban J connectivity index is 1.83. The lowest BCUT2D eigenvalue weighted by atomic mass is 10.2. The van der Waals surface area contributed by atoms with Crippen LogP contribution in [0.4, 0.5) is 14.5 Å². The Kier molecular flexibility index (Phi) is 4.12. The molecule has 0 atom stereocenters. The Labute approximate surface area is 149 Å². The first kappa shape index (κ1) is 16.9. The van der Waals surface area contributed by atoms with Gasteiger partial charge in [-0.1, -0.05) is 0 Å². The van der Waals surface area contributed by atoms with Crippen LogP contribution in [0.25, 0.3) is 10.9 Å². The average molecular weight is 378 g/mol. The van der Waals surface area contributed by atoms with E-state index in [0.29, 0.717) is 17.0 Å². The molecule has 0 bridgehead atoms. The molecular weight excluding hydrogens is 362 g/mol. The van der Waals surface area contributed by atoms with Crippen molar-refractivity contribution in [3.8, 4) is 0 Å². The van der Waals surface area contributed by atoms with Gasteiger partial charge >= 0.3 is 0 Å². The van der Waals surface area contributed by atoms with Crippen LogP contribution in [-0.2, 0) is 10.0 Å². The summed E-state index contributed by atoms with van der Waals surface area (Å²) >= 11 is 0. The molecule has 4 rings (SSSR count). The maximum atomic E-state index is 14.0. The number of fused-ring (bicyclic) bond motifs is 1. The van der Waals surface area contributed by atoms with Gasteiger partial charge in [-0.05, 0) is 30.3 Å². The molecule has 136 valence electrons. The molecule has 9 heteroatoms. The summed E-state index contributed by atoms with van der Waals surface area (Å²) in [6, 6.07) is 7.79. The fourth-order valence-electron chi connectivity index (χ4n) is 3.07. The molecule has 0 unspecified atom stereocenters. The Bertz CT molecular complexity index is 1080. The lowest BCUT2D eigenvalue weighted by molar-refractivity contribution is 0.543. The Morgan fingerprint density at radius 2 is 1.81 bits per heavy atom. The molecule has 0 spiro atoms. The van der Waals surface area contributed by atoms with Crippen LogP contribution in [0.15, 0.2) is 47.5 Å². The third kappa shape index (κ3) is 2.82. The molecule has 1 aromatic heterocycles. The highest BCUT2D eigenvalue weighted by atomic mass is 32.2. The molecule has 1 aliphatic heterocycles. The second-order valence-electron chi connectivity index (χ2n) is 6.05. The highest BCUT2D eigenvalue weighted by molar-refractivity contribution is 7.90. The smallest absolute Gasteiger partial charge is 0.286 e. The second-order valence-corrected chi connectivity index (χ2v) is 7.78. The summed E-state index contributed by atoms with van der Waals surface area (Å²) in [6.45, 7) is 3.30. The van der Waals surface area contributed by atoms with Gasteiger partial charge in [-0.2, -0.15) is 17.6 Å². The quantitative estimate of drug-likeness (QED) is 0.755. The van der Waals surface area contributed by atoms with E-state index in [1.165, 1.54) is 6.20 Å². The molecule has 6 nitrogen and oxygen atoms in total. The van der Waals surface area contributed by atoms with Crippen molar-refractivity contribution in [3.05, 3.63) is 54.2 Å². The van der Waals surface area contributed by atoms with Crippen LogP contribution in [-0.4, -0.2) is 43.8 Å². The lowest BCUT2D eigenvalue weighted by Gasteiger charge is -2.29. The predicted molar refractivity (Wildman–Crippen MR) is 93.8 cm³/mol. The van der Waals surface area contributed by atoms with Crippen molar-refractivity contribution in [3.63, 3.8) is 0 Å². The highest BCUT2D eigenvalue weighted by Crippen LogP contribution is 2.26. The van der Waals surface area contributed by atoms with Gasteiger partial charge < -0.3 is 10.2 Å². The minimum absolute atomic E-state index is 0.352. The average Bonchev–Trinajstić information content (AvgIpc) is 3.06. The van der Waals surface area contributed by atoms with Crippen LogP contribution >= 0.6 is 0 Å². The number of rotatable bonds is 3. The zero-order valence-electron chi connectivity index (χ0n) is 13.7. The Hall–Kier alpha value is -2.52. The van der Waals surface area contributed by atoms with Gasteiger partial charge in [-0.15, -0.1) is 0 Å². The third-order valence-electron chi connectivity index (χ3n) is 4.40. The SMILES string of the molecule is O=S(=O)(c1ccc(F)cc1F)n1ncc2ccc(N3CCNCC3)cc21. The Morgan fingerprint density at radius 3 is 2.54 bits per heavy atom. The zero-order valence-corrected chi connectivity index (χ0v) is 14.5. The molecule has 0 radical (unpaired) electrons. The summed E-state index contributed by atoms with van der Waals surface area (Å²) in [4.78, 5) is 1.52. The summed E-state index contributed by atoms with van der Waals surface area (Å²) in [5, 5.41) is 7.81. The number of halogens is 2. The molecule has 2 aromatic carbocycles. The van der Waals surface area contributed by atoms with Gasteiger partial charge in [-0.25, -0.2) is 8.78 Å². The lowest BCUT2D eigenvalue weighted by Crippen LogP contribution is -2.43. The number of nitrogens with zero attached hydrogens (tertiary/aromatic N) is 3. The number of hydrogen-bond acceptors (Lipinski definition) is 5. The predicted octanol–water partition coefficient (Wildman–Crippen LogP) is 1.96. The molecule has 2 heterocycles. The first-order valence-electron chi connectivity index (χ1n) is 8.11. The Morgan fingerprint density at radius 1 is 1.04 bits per heavy atom. The molecule has 1 aliphatic rings. The molecule has 26 heavy (non-hydrogen) atoms. The fraction of sp³-hybridized carbons (Fsp3) is 0.235. The van der Waals surface area contributed by atoms with Crippen molar-refractivity contribution in [2.45, 2.75) is 4.90 Å². The summed E-state index contributed by atoms with van der Waals surface area (Å²) in [6.07, 6.45) is 1.41. The minimum Gasteiger partial charge on any atom is -0.369 e. The van der Waals surface area contributed by atoms with Gasteiger partial charge in [0.25, 0.3) is 10.0 Å². The van der Waals surface area contributed by atoms with E-state index in [0.717, 1.165) is 48.1 Å². The number of benzene rings is 2. The number of hydrogen-bond donors (Lipinski definition) is 1. The van der Waals surface area contributed by atoms with Crippen LogP contribution in [0.1, 0.15) is 0 Å².